The second-order valence-electron chi connectivity index (χ2n) is 5.80. The molecule has 1 unspecified atom stereocenters. The SMILES string of the molecule is COc1ccc(OC)c(C2SCC(=O)N2Cc2ccc(O)c(OC)c2)c1. The van der Waals surface area contributed by atoms with Gasteiger partial charge in [0, 0.05) is 12.1 Å². The minimum absolute atomic E-state index is 0.0527. The van der Waals surface area contributed by atoms with Gasteiger partial charge < -0.3 is 24.2 Å². The Morgan fingerprint density at radius 3 is 2.54 bits per heavy atom. The molecule has 1 atom stereocenters. The molecule has 1 aliphatic heterocycles. The number of carbonyl (C=O) groups is 1. The van der Waals surface area contributed by atoms with Crippen molar-refractivity contribution in [2.75, 3.05) is 27.1 Å². The number of ether oxygens (including phenoxy) is 3. The summed E-state index contributed by atoms with van der Waals surface area (Å²) in [5, 5.41) is 9.59. The number of phenols is 1. The number of nitrogens with zero attached hydrogens (tertiary/aromatic N) is 1. The van der Waals surface area contributed by atoms with Crippen molar-refractivity contribution in [3.05, 3.63) is 47.5 Å². The monoisotopic (exact) mass is 375 g/mol. The molecule has 0 aromatic heterocycles. The first-order chi connectivity index (χ1) is 12.6. The molecule has 138 valence electrons. The van der Waals surface area contributed by atoms with Gasteiger partial charge in [-0.1, -0.05) is 6.07 Å². The van der Waals surface area contributed by atoms with E-state index in [9.17, 15) is 9.90 Å². The normalized spacial score (nSPS) is 16.7. The standard InChI is InChI=1S/C19H21NO5S/c1-23-13-5-7-16(24-2)14(9-13)19-20(18(22)11-26-19)10-12-4-6-15(21)17(8-12)25-3/h4-9,19,21H,10-11H2,1-3H3. The van der Waals surface area contributed by atoms with E-state index in [1.165, 1.54) is 7.11 Å². The van der Waals surface area contributed by atoms with E-state index in [1.54, 1.807) is 49.1 Å². The summed E-state index contributed by atoms with van der Waals surface area (Å²) in [5.74, 6) is 2.34. The number of aromatic hydroxyl groups is 1. The van der Waals surface area contributed by atoms with Gasteiger partial charge in [0.05, 0.1) is 27.1 Å². The molecule has 2 aromatic carbocycles. The van der Waals surface area contributed by atoms with Gasteiger partial charge in [-0.3, -0.25) is 4.79 Å². The van der Waals surface area contributed by atoms with Crippen molar-refractivity contribution in [3.63, 3.8) is 0 Å². The van der Waals surface area contributed by atoms with Gasteiger partial charge in [0.2, 0.25) is 5.91 Å². The molecule has 1 amide bonds. The number of hydrogen-bond donors (Lipinski definition) is 1. The Morgan fingerprint density at radius 1 is 1.08 bits per heavy atom. The quantitative estimate of drug-likeness (QED) is 0.836. The lowest BCUT2D eigenvalue weighted by Crippen LogP contribution is -2.27. The molecule has 0 radical (unpaired) electrons. The van der Waals surface area contributed by atoms with Crippen LogP contribution in [-0.4, -0.2) is 43.0 Å². The topological polar surface area (TPSA) is 68.2 Å². The highest BCUT2D eigenvalue weighted by Crippen LogP contribution is 2.44. The molecule has 7 heteroatoms. The second-order valence-corrected chi connectivity index (χ2v) is 6.87. The van der Waals surface area contributed by atoms with Gasteiger partial charge in [0.1, 0.15) is 16.9 Å². The predicted molar refractivity (Wildman–Crippen MR) is 100.0 cm³/mol. The molecule has 6 nitrogen and oxygen atoms in total. The zero-order chi connectivity index (χ0) is 18.7. The van der Waals surface area contributed by atoms with E-state index in [0.717, 1.165) is 11.1 Å². The first kappa shape index (κ1) is 18.3. The molecular weight excluding hydrogens is 354 g/mol. The average molecular weight is 375 g/mol. The summed E-state index contributed by atoms with van der Waals surface area (Å²) in [7, 11) is 4.72. The molecule has 26 heavy (non-hydrogen) atoms. The summed E-state index contributed by atoms with van der Waals surface area (Å²) in [4.78, 5) is 14.3. The van der Waals surface area contributed by atoms with E-state index >= 15 is 0 Å². The van der Waals surface area contributed by atoms with Crippen LogP contribution < -0.4 is 14.2 Å². The fourth-order valence-corrected chi connectivity index (χ4v) is 4.13. The third-order valence-corrected chi connectivity index (χ3v) is 5.51. The largest absolute Gasteiger partial charge is 0.504 e. The number of rotatable bonds is 6. The molecule has 1 aliphatic rings. The average Bonchev–Trinajstić information content (AvgIpc) is 3.03. The maximum atomic E-state index is 12.5. The van der Waals surface area contributed by atoms with Crippen molar-refractivity contribution in [1.29, 1.82) is 0 Å². The van der Waals surface area contributed by atoms with Gasteiger partial charge >= 0.3 is 0 Å². The van der Waals surface area contributed by atoms with Crippen LogP contribution in [0.15, 0.2) is 36.4 Å². The highest BCUT2D eigenvalue weighted by molar-refractivity contribution is 8.00. The number of methoxy groups -OCH3 is 3. The van der Waals surface area contributed by atoms with Crippen LogP contribution in [0.4, 0.5) is 0 Å². The van der Waals surface area contributed by atoms with Crippen molar-refractivity contribution in [2.45, 2.75) is 11.9 Å². The maximum Gasteiger partial charge on any atom is 0.234 e. The molecule has 1 saturated heterocycles. The lowest BCUT2D eigenvalue weighted by molar-refractivity contribution is -0.128. The van der Waals surface area contributed by atoms with Crippen LogP contribution in [0.1, 0.15) is 16.5 Å². The van der Waals surface area contributed by atoms with Crippen LogP contribution in [0.3, 0.4) is 0 Å². The summed E-state index contributed by atoms with van der Waals surface area (Å²) >= 11 is 1.55. The minimum Gasteiger partial charge on any atom is -0.504 e. The minimum atomic E-state index is -0.174. The molecular formula is C19H21NO5S. The summed E-state index contributed by atoms with van der Waals surface area (Å²) in [6.07, 6.45) is 0. The van der Waals surface area contributed by atoms with Crippen molar-refractivity contribution in [2.24, 2.45) is 0 Å². The van der Waals surface area contributed by atoms with Gasteiger partial charge in [-0.05, 0) is 35.9 Å². The van der Waals surface area contributed by atoms with E-state index in [2.05, 4.69) is 0 Å². The Labute approximate surface area is 156 Å². The summed E-state index contributed by atoms with van der Waals surface area (Å²) in [5.41, 5.74) is 1.77. The van der Waals surface area contributed by atoms with Crippen molar-refractivity contribution in [1.82, 2.24) is 4.90 Å². The van der Waals surface area contributed by atoms with Gasteiger partial charge in [0.15, 0.2) is 11.5 Å². The summed E-state index contributed by atoms with van der Waals surface area (Å²) < 4.78 is 16.0. The zero-order valence-corrected chi connectivity index (χ0v) is 15.7. The number of carbonyl (C=O) groups excluding carboxylic acids is 1. The molecule has 0 saturated carbocycles. The van der Waals surface area contributed by atoms with Crippen molar-refractivity contribution >= 4 is 17.7 Å². The van der Waals surface area contributed by atoms with Gasteiger partial charge in [-0.2, -0.15) is 0 Å². The van der Waals surface area contributed by atoms with Crippen molar-refractivity contribution in [3.8, 4) is 23.0 Å². The molecule has 1 fully saturated rings. The number of phenolic OH excluding ortho intramolecular Hbond substituents is 1. The summed E-state index contributed by atoms with van der Waals surface area (Å²) in [6, 6.07) is 10.7. The second kappa shape index (κ2) is 7.78. The Hall–Kier alpha value is -2.54. The van der Waals surface area contributed by atoms with Crippen LogP contribution >= 0.6 is 11.8 Å². The smallest absolute Gasteiger partial charge is 0.234 e. The van der Waals surface area contributed by atoms with E-state index < -0.39 is 0 Å². The molecule has 1 heterocycles. The third-order valence-electron chi connectivity index (χ3n) is 4.27. The number of benzene rings is 2. The Kier molecular flexibility index (Phi) is 5.46. The fraction of sp³-hybridized carbons (Fsp3) is 0.316. The first-order valence-corrected chi connectivity index (χ1v) is 9.11. The molecule has 0 aliphatic carbocycles. The van der Waals surface area contributed by atoms with E-state index in [1.807, 2.05) is 18.2 Å². The number of thioether (sulfide) groups is 1. The lowest BCUT2D eigenvalue weighted by Gasteiger charge is -2.26. The molecule has 2 aromatic rings. The molecule has 3 rings (SSSR count). The molecule has 0 bridgehead atoms. The van der Waals surface area contributed by atoms with Crippen LogP contribution in [-0.2, 0) is 11.3 Å². The van der Waals surface area contributed by atoms with E-state index in [4.69, 9.17) is 14.2 Å². The molecule has 1 N–H and O–H groups in total. The van der Waals surface area contributed by atoms with Gasteiger partial charge in [0.25, 0.3) is 0 Å². The van der Waals surface area contributed by atoms with E-state index in [-0.39, 0.29) is 17.0 Å². The van der Waals surface area contributed by atoms with Crippen LogP contribution in [0.2, 0.25) is 0 Å². The van der Waals surface area contributed by atoms with Crippen LogP contribution in [0, 0.1) is 0 Å². The first-order valence-electron chi connectivity index (χ1n) is 8.06. The van der Waals surface area contributed by atoms with Gasteiger partial charge in [-0.25, -0.2) is 0 Å². The number of amides is 1. The van der Waals surface area contributed by atoms with E-state index in [0.29, 0.717) is 29.5 Å². The highest BCUT2D eigenvalue weighted by atomic mass is 32.2. The lowest BCUT2D eigenvalue weighted by atomic mass is 10.1. The highest BCUT2D eigenvalue weighted by Gasteiger charge is 2.35. The molecule has 0 spiro atoms. The summed E-state index contributed by atoms with van der Waals surface area (Å²) in [6.45, 7) is 0.410. The maximum absolute atomic E-state index is 12.5. The van der Waals surface area contributed by atoms with Crippen molar-refractivity contribution < 1.29 is 24.1 Å². The Morgan fingerprint density at radius 2 is 1.85 bits per heavy atom. The van der Waals surface area contributed by atoms with Crippen LogP contribution in [0.25, 0.3) is 0 Å². The Balaban J connectivity index is 1.92. The fourth-order valence-electron chi connectivity index (χ4n) is 2.93. The Bertz CT molecular complexity index is 811. The predicted octanol–water partition coefficient (Wildman–Crippen LogP) is 3.19. The number of hydrogen-bond acceptors (Lipinski definition) is 6. The third kappa shape index (κ3) is 3.53. The zero-order valence-electron chi connectivity index (χ0n) is 14.9. The van der Waals surface area contributed by atoms with Crippen LogP contribution in [0.5, 0.6) is 23.0 Å². The van der Waals surface area contributed by atoms with Gasteiger partial charge in [-0.15, -0.1) is 11.8 Å².